The van der Waals surface area contributed by atoms with Crippen molar-refractivity contribution in [1.82, 2.24) is 15.1 Å². The van der Waals surface area contributed by atoms with Crippen molar-refractivity contribution >= 4 is 0 Å². The molecule has 0 aliphatic rings. The van der Waals surface area contributed by atoms with E-state index in [1.54, 1.807) is 4.68 Å². The summed E-state index contributed by atoms with van der Waals surface area (Å²) < 4.78 is 52.5. The second-order valence-electron chi connectivity index (χ2n) is 4.72. The van der Waals surface area contributed by atoms with Crippen LogP contribution in [0.15, 0.2) is 30.5 Å². The fourth-order valence-electron chi connectivity index (χ4n) is 1.95. The van der Waals surface area contributed by atoms with Gasteiger partial charge >= 0.3 is 6.18 Å². The molecule has 0 aliphatic heterocycles. The zero-order chi connectivity index (χ0) is 15.5. The van der Waals surface area contributed by atoms with Crippen molar-refractivity contribution in [3.63, 3.8) is 0 Å². The number of alkyl halides is 3. The van der Waals surface area contributed by atoms with Gasteiger partial charge in [0.15, 0.2) is 0 Å². The maximum absolute atomic E-state index is 13.1. The number of hydrogen-bond acceptors (Lipinski definition) is 2. The van der Waals surface area contributed by atoms with E-state index in [-0.39, 0.29) is 6.54 Å². The van der Waals surface area contributed by atoms with Gasteiger partial charge in [-0.2, -0.15) is 18.3 Å². The Morgan fingerprint density at radius 2 is 2.00 bits per heavy atom. The van der Waals surface area contributed by atoms with Crippen LogP contribution in [0.5, 0.6) is 0 Å². The first kappa shape index (κ1) is 15.5. The summed E-state index contributed by atoms with van der Waals surface area (Å²) in [5, 5.41) is 7.21. The Hall–Kier alpha value is -1.89. The second-order valence-corrected chi connectivity index (χ2v) is 4.72. The van der Waals surface area contributed by atoms with Crippen LogP contribution in [0.1, 0.15) is 16.8 Å². The Kier molecular flexibility index (Phi) is 4.62. The van der Waals surface area contributed by atoms with Gasteiger partial charge in [-0.15, -0.1) is 0 Å². The maximum atomic E-state index is 13.1. The number of aryl methyl sites for hydroxylation is 1. The predicted octanol–water partition coefficient (Wildman–Crippen LogP) is 2.91. The average molecular weight is 301 g/mol. The zero-order valence-corrected chi connectivity index (χ0v) is 11.4. The van der Waals surface area contributed by atoms with Crippen molar-refractivity contribution in [2.24, 2.45) is 7.05 Å². The van der Waals surface area contributed by atoms with E-state index in [2.05, 4.69) is 10.4 Å². The fourth-order valence-corrected chi connectivity index (χ4v) is 1.95. The first-order chi connectivity index (χ1) is 9.86. The molecule has 21 heavy (non-hydrogen) atoms. The van der Waals surface area contributed by atoms with Crippen LogP contribution in [-0.4, -0.2) is 16.3 Å². The maximum Gasteiger partial charge on any atom is 0.419 e. The molecular weight excluding hydrogens is 286 g/mol. The molecule has 1 N–H and O–H groups in total. The Bertz CT molecular complexity index is 605. The SMILES string of the molecule is Cn1ccc(CCNCc2ccc(F)c(C(F)(F)F)c2)n1. The number of nitrogens with one attached hydrogen (secondary N) is 1. The summed E-state index contributed by atoms with van der Waals surface area (Å²) in [5.74, 6) is -1.25. The largest absolute Gasteiger partial charge is 0.419 e. The van der Waals surface area contributed by atoms with Gasteiger partial charge in [0.1, 0.15) is 5.82 Å². The van der Waals surface area contributed by atoms with E-state index in [0.717, 1.165) is 17.8 Å². The van der Waals surface area contributed by atoms with E-state index in [4.69, 9.17) is 0 Å². The number of aromatic nitrogens is 2. The topological polar surface area (TPSA) is 29.9 Å². The summed E-state index contributed by atoms with van der Waals surface area (Å²) in [6.07, 6.45) is -2.17. The molecule has 1 aromatic heterocycles. The van der Waals surface area contributed by atoms with Crippen molar-refractivity contribution in [2.45, 2.75) is 19.1 Å². The lowest BCUT2D eigenvalue weighted by Gasteiger charge is -2.10. The number of halogens is 4. The summed E-state index contributed by atoms with van der Waals surface area (Å²) in [4.78, 5) is 0. The molecule has 0 spiro atoms. The highest BCUT2D eigenvalue weighted by molar-refractivity contribution is 5.27. The van der Waals surface area contributed by atoms with Gasteiger partial charge in [0.05, 0.1) is 11.3 Å². The molecule has 114 valence electrons. The van der Waals surface area contributed by atoms with Crippen molar-refractivity contribution in [1.29, 1.82) is 0 Å². The van der Waals surface area contributed by atoms with Gasteiger partial charge in [-0.05, 0) is 23.8 Å². The second kappa shape index (κ2) is 6.26. The van der Waals surface area contributed by atoms with Crippen molar-refractivity contribution < 1.29 is 17.6 Å². The van der Waals surface area contributed by atoms with Gasteiger partial charge in [-0.3, -0.25) is 4.68 Å². The highest BCUT2D eigenvalue weighted by atomic mass is 19.4. The highest BCUT2D eigenvalue weighted by Gasteiger charge is 2.34. The Labute approximate surface area is 119 Å². The van der Waals surface area contributed by atoms with Crippen LogP contribution >= 0.6 is 0 Å². The van der Waals surface area contributed by atoms with Gasteiger partial charge in [0, 0.05) is 32.8 Å². The van der Waals surface area contributed by atoms with Gasteiger partial charge in [-0.25, -0.2) is 4.39 Å². The molecule has 3 nitrogen and oxygen atoms in total. The zero-order valence-electron chi connectivity index (χ0n) is 11.4. The fraction of sp³-hybridized carbons (Fsp3) is 0.357. The van der Waals surface area contributed by atoms with E-state index >= 15 is 0 Å². The van der Waals surface area contributed by atoms with E-state index < -0.39 is 17.6 Å². The first-order valence-corrected chi connectivity index (χ1v) is 6.41. The molecule has 0 amide bonds. The quantitative estimate of drug-likeness (QED) is 0.680. The molecule has 1 heterocycles. The summed E-state index contributed by atoms with van der Waals surface area (Å²) in [6, 6.07) is 4.90. The molecule has 2 aromatic rings. The molecule has 2 rings (SSSR count). The molecule has 0 fully saturated rings. The third-order valence-corrected chi connectivity index (χ3v) is 2.99. The molecule has 7 heteroatoms. The minimum atomic E-state index is -4.67. The molecule has 0 saturated carbocycles. The number of hydrogen-bond donors (Lipinski definition) is 1. The smallest absolute Gasteiger partial charge is 0.312 e. The predicted molar refractivity (Wildman–Crippen MR) is 70.0 cm³/mol. The third-order valence-electron chi connectivity index (χ3n) is 2.99. The van der Waals surface area contributed by atoms with Crippen LogP contribution in [0.3, 0.4) is 0 Å². The number of nitrogens with zero attached hydrogens (tertiary/aromatic N) is 2. The number of rotatable bonds is 5. The van der Waals surface area contributed by atoms with Crippen LogP contribution in [-0.2, 0) is 26.2 Å². The normalized spacial score (nSPS) is 11.9. The average Bonchev–Trinajstić information content (AvgIpc) is 2.81. The van der Waals surface area contributed by atoms with Crippen LogP contribution < -0.4 is 5.32 Å². The molecule has 1 aromatic carbocycles. The van der Waals surface area contributed by atoms with E-state index in [0.29, 0.717) is 18.5 Å². The molecule has 0 unspecified atom stereocenters. The molecule has 0 saturated heterocycles. The summed E-state index contributed by atoms with van der Waals surface area (Å²) >= 11 is 0. The molecular formula is C14H15F4N3. The lowest BCUT2D eigenvalue weighted by atomic mass is 10.1. The molecule has 0 bridgehead atoms. The number of benzene rings is 1. The van der Waals surface area contributed by atoms with E-state index in [9.17, 15) is 17.6 Å². The Morgan fingerprint density at radius 1 is 1.24 bits per heavy atom. The molecule has 0 atom stereocenters. The third kappa shape index (κ3) is 4.29. The molecule has 0 aliphatic carbocycles. The van der Waals surface area contributed by atoms with Gasteiger partial charge in [0.25, 0.3) is 0 Å². The minimum Gasteiger partial charge on any atom is -0.312 e. The van der Waals surface area contributed by atoms with Crippen LogP contribution in [0.25, 0.3) is 0 Å². The lowest BCUT2D eigenvalue weighted by molar-refractivity contribution is -0.140. The highest BCUT2D eigenvalue weighted by Crippen LogP contribution is 2.31. The van der Waals surface area contributed by atoms with Gasteiger partial charge in [0.2, 0.25) is 0 Å². The van der Waals surface area contributed by atoms with Crippen LogP contribution in [0.2, 0.25) is 0 Å². The first-order valence-electron chi connectivity index (χ1n) is 6.41. The Morgan fingerprint density at radius 3 is 2.62 bits per heavy atom. The van der Waals surface area contributed by atoms with Gasteiger partial charge in [-0.1, -0.05) is 6.07 Å². The Balaban J connectivity index is 1.89. The van der Waals surface area contributed by atoms with Crippen molar-refractivity contribution in [2.75, 3.05) is 6.54 Å². The summed E-state index contributed by atoms with van der Waals surface area (Å²) in [6.45, 7) is 0.825. The monoisotopic (exact) mass is 301 g/mol. The lowest BCUT2D eigenvalue weighted by Crippen LogP contribution is -2.18. The van der Waals surface area contributed by atoms with Crippen LogP contribution in [0.4, 0.5) is 17.6 Å². The van der Waals surface area contributed by atoms with Crippen LogP contribution in [0, 0.1) is 5.82 Å². The standard InChI is InChI=1S/C14H15F4N3/c1-21-7-5-11(20-21)4-6-19-9-10-2-3-13(15)12(8-10)14(16,17)18/h2-3,5,7-8,19H,4,6,9H2,1H3. The van der Waals surface area contributed by atoms with E-state index in [1.165, 1.54) is 6.07 Å². The minimum absolute atomic E-state index is 0.246. The van der Waals surface area contributed by atoms with E-state index in [1.807, 2.05) is 19.3 Å². The van der Waals surface area contributed by atoms with Crippen molar-refractivity contribution in [3.05, 3.63) is 53.1 Å². The summed E-state index contributed by atoms with van der Waals surface area (Å²) in [5.41, 5.74) is 0.0661. The summed E-state index contributed by atoms with van der Waals surface area (Å²) in [7, 11) is 1.81. The molecule has 0 radical (unpaired) electrons. The van der Waals surface area contributed by atoms with Crippen molar-refractivity contribution in [3.8, 4) is 0 Å². The van der Waals surface area contributed by atoms with Gasteiger partial charge < -0.3 is 5.32 Å².